The third-order valence-electron chi connectivity index (χ3n) is 1.75. The van der Waals surface area contributed by atoms with Gasteiger partial charge in [-0.1, -0.05) is 11.6 Å². The monoisotopic (exact) mass is 216 g/mol. The molecule has 1 aromatic rings. The smallest absolute Gasteiger partial charge is 0.243 e. The molecule has 0 spiro atoms. The minimum absolute atomic E-state index is 0.106. The van der Waals surface area contributed by atoms with E-state index < -0.39 is 0 Å². The third kappa shape index (κ3) is 3.08. The van der Waals surface area contributed by atoms with Gasteiger partial charge in [0, 0.05) is 13.7 Å². The van der Waals surface area contributed by atoms with Gasteiger partial charge in [-0.05, 0) is 13.8 Å². The lowest BCUT2D eigenvalue weighted by atomic mass is 10.4. The molecular weight excluding hydrogens is 204 g/mol. The fraction of sp³-hybridized carbons (Fsp3) is 0.625. The van der Waals surface area contributed by atoms with E-state index in [4.69, 9.17) is 16.3 Å². The molecule has 0 saturated carbocycles. The summed E-state index contributed by atoms with van der Waals surface area (Å²) in [4.78, 5) is 4.11. The van der Waals surface area contributed by atoms with E-state index in [0.29, 0.717) is 23.3 Å². The van der Waals surface area contributed by atoms with Crippen molar-refractivity contribution < 1.29 is 4.74 Å². The highest BCUT2D eigenvalue weighted by molar-refractivity contribution is 6.29. The molecule has 0 aliphatic heterocycles. The molecule has 1 heterocycles. The van der Waals surface area contributed by atoms with Gasteiger partial charge in [0.1, 0.15) is 0 Å². The lowest BCUT2D eigenvalue weighted by Gasteiger charge is -2.10. The van der Waals surface area contributed by atoms with E-state index >= 15 is 0 Å². The van der Waals surface area contributed by atoms with E-state index in [9.17, 15) is 0 Å². The maximum absolute atomic E-state index is 5.68. The number of aryl methyl sites for hydroxylation is 1. The van der Waals surface area contributed by atoms with Crippen LogP contribution in [0.3, 0.4) is 0 Å². The summed E-state index contributed by atoms with van der Waals surface area (Å²) in [6.07, 6.45) is 0.106. The predicted octanol–water partition coefficient (Wildman–Crippen LogP) is 1.28. The van der Waals surface area contributed by atoms with E-state index in [0.717, 1.165) is 0 Å². The van der Waals surface area contributed by atoms with Crippen LogP contribution < -0.4 is 5.32 Å². The number of rotatable bonds is 4. The Hall–Kier alpha value is -0.940. The minimum Gasteiger partial charge on any atom is -0.380 e. The van der Waals surface area contributed by atoms with Crippen LogP contribution in [-0.2, 0) is 4.74 Å². The number of halogens is 1. The number of methoxy groups -OCH3 is 1. The number of nitrogens with zero attached hydrogens (tertiary/aromatic N) is 3. The molecule has 1 N–H and O–H groups in total. The average molecular weight is 217 g/mol. The normalized spacial score (nSPS) is 12.6. The molecule has 0 unspecified atom stereocenters. The summed E-state index contributed by atoms with van der Waals surface area (Å²) >= 11 is 5.68. The second-order valence-electron chi connectivity index (χ2n) is 2.94. The van der Waals surface area contributed by atoms with Crippen LogP contribution in [0.2, 0.25) is 5.15 Å². The van der Waals surface area contributed by atoms with Gasteiger partial charge in [0.25, 0.3) is 0 Å². The van der Waals surface area contributed by atoms with Gasteiger partial charge < -0.3 is 10.1 Å². The SMILES string of the molecule is CO[C@H](C)CNc1nnc(Cl)c(C)n1. The Morgan fingerprint density at radius 1 is 1.50 bits per heavy atom. The van der Waals surface area contributed by atoms with Crippen molar-refractivity contribution in [1.82, 2.24) is 15.2 Å². The molecule has 78 valence electrons. The highest BCUT2D eigenvalue weighted by Crippen LogP contribution is 2.08. The molecule has 0 radical (unpaired) electrons. The second-order valence-corrected chi connectivity index (χ2v) is 3.30. The first-order valence-corrected chi connectivity index (χ1v) is 4.64. The summed E-state index contributed by atoms with van der Waals surface area (Å²) in [5.74, 6) is 0.468. The number of hydrogen-bond donors (Lipinski definition) is 1. The molecule has 1 aromatic heterocycles. The molecule has 0 bridgehead atoms. The molecule has 0 fully saturated rings. The van der Waals surface area contributed by atoms with Crippen LogP contribution in [0, 0.1) is 6.92 Å². The van der Waals surface area contributed by atoms with Gasteiger partial charge in [-0.2, -0.15) is 0 Å². The lowest BCUT2D eigenvalue weighted by Crippen LogP contribution is -2.19. The molecular formula is C8H13ClN4O. The quantitative estimate of drug-likeness (QED) is 0.822. The molecule has 1 atom stereocenters. The zero-order valence-corrected chi connectivity index (χ0v) is 9.17. The first-order valence-electron chi connectivity index (χ1n) is 4.27. The van der Waals surface area contributed by atoms with Crippen LogP contribution >= 0.6 is 11.6 Å². The number of anilines is 1. The van der Waals surface area contributed by atoms with E-state index in [1.165, 1.54) is 0 Å². The summed E-state index contributed by atoms with van der Waals surface area (Å²) in [7, 11) is 1.65. The lowest BCUT2D eigenvalue weighted by molar-refractivity contribution is 0.128. The minimum atomic E-state index is 0.106. The summed E-state index contributed by atoms with van der Waals surface area (Å²) in [6, 6.07) is 0. The summed E-state index contributed by atoms with van der Waals surface area (Å²) in [5.41, 5.74) is 0.661. The summed E-state index contributed by atoms with van der Waals surface area (Å²) in [6.45, 7) is 4.37. The maximum atomic E-state index is 5.68. The van der Waals surface area contributed by atoms with Crippen molar-refractivity contribution in [2.75, 3.05) is 19.0 Å². The van der Waals surface area contributed by atoms with E-state index in [-0.39, 0.29) is 6.10 Å². The number of nitrogens with one attached hydrogen (secondary N) is 1. The van der Waals surface area contributed by atoms with Crippen LogP contribution in [0.15, 0.2) is 0 Å². The van der Waals surface area contributed by atoms with Crippen molar-refractivity contribution in [2.24, 2.45) is 0 Å². The molecule has 6 heteroatoms. The molecule has 1 rings (SSSR count). The Bertz CT molecular complexity index is 307. The van der Waals surface area contributed by atoms with Gasteiger partial charge in [0.2, 0.25) is 5.95 Å². The molecule has 0 saturated heterocycles. The largest absolute Gasteiger partial charge is 0.380 e. The van der Waals surface area contributed by atoms with Gasteiger partial charge in [-0.25, -0.2) is 4.98 Å². The zero-order valence-electron chi connectivity index (χ0n) is 8.41. The Labute approximate surface area is 87.9 Å². The van der Waals surface area contributed by atoms with Gasteiger partial charge in [-0.15, -0.1) is 10.2 Å². The Kier molecular flexibility index (Phi) is 4.03. The zero-order chi connectivity index (χ0) is 10.6. The number of ether oxygens (including phenoxy) is 1. The van der Waals surface area contributed by atoms with Crippen molar-refractivity contribution in [3.63, 3.8) is 0 Å². The van der Waals surface area contributed by atoms with Gasteiger partial charge >= 0.3 is 0 Å². The van der Waals surface area contributed by atoms with Gasteiger partial charge in [0.15, 0.2) is 5.15 Å². The van der Waals surface area contributed by atoms with Gasteiger partial charge in [-0.3, -0.25) is 0 Å². The van der Waals surface area contributed by atoms with Crippen molar-refractivity contribution in [1.29, 1.82) is 0 Å². The molecule has 0 aliphatic carbocycles. The van der Waals surface area contributed by atoms with Crippen LogP contribution in [0.1, 0.15) is 12.6 Å². The standard InChI is InChI=1S/C8H13ClN4O/c1-5(14-3)4-10-8-11-6(2)7(9)12-13-8/h5H,4H2,1-3H3,(H,10,11,13)/t5-/m1/s1. The van der Waals surface area contributed by atoms with E-state index in [1.54, 1.807) is 14.0 Å². The molecule has 0 amide bonds. The maximum Gasteiger partial charge on any atom is 0.243 e. The molecule has 14 heavy (non-hydrogen) atoms. The fourth-order valence-electron chi connectivity index (χ4n) is 0.784. The summed E-state index contributed by atoms with van der Waals surface area (Å²) < 4.78 is 5.06. The fourth-order valence-corrected chi connectivity index (χ4v) is 0.864. The molecule has 0 aromatic carbocycles. The van der Waals surface area contributed by atoms with Crippen molar-refractivity contribution in [3.05, 3.63) is 10.8 Å². The first-order chi connectivity index (χ1) is 6.63. The third-order valence-corrected chi connectivity index (χ3v) is 2.10. The van der Waals surface area contributed by atoms with Crippen molar-refractivity contribution in [3.8, 4) is 0 Å². The highest BCUT2D eigenvalue weighted by Gasteiger charge is 2.04. The second kappa shape index (κ2) is 5.07. The van der Waals surface area contributed by atoms with Crippen molar-refractivity contribution in [2.45, 2.75) is 20.0 Å². The number of hydrogen-bond acceptors (Lipinski definition) is 5. The van der Waals surface area contributed by atoms with E-state index in [2.05, 4.69) is 20.5 Å². The predicted molar refractivity (Wildman–Crippen MR) is 54.5 cm³/mol. The van der Waals surface area contributed by atoms with Crippen LogP contribution in [0.5, 0.6) is 0 Å². The molecule has 0 aliphatic rings. The first kappa shape index (κ1) is 11.1. The van der Waals surface area contributed by atoms with Gasteiger partial charge in [0.05, 0.1) is 11.8 Å². The van der Waals surface area contributed by atoms with Crippen LogP contribution in [0.25, 0.3) is 0 Å². The Morgan fingerprint density at radius 2 is 2.21 bits per heavy atom. The van der Waals surface area contributed by atoms with Crippen molar-refractivity contribution >= 4 is 17.5 Å². The topological polar surface area (TPSA) is 59.9 Å². The number of aromatic nitrogens is 3. The summed E-state index contributed by atoms with van der Waals surface area (Å²) in [5, 5.41) is 10.8. The average Bonchev–Trinajstić information content (AvgIpc) is 2.19. The van der Waals surface area contributed by atoms with Crippen LogP contribution in [0.4, 0.5) is 5.95 Å². The highest BCUT2D eigenvalue weighted by atomic mass is 35.5. The molecule has 5 nitrogen and oxygen atoms in total. The Morgan fingerprint density at radius 3 is 2.79 bits per heavy atom. The van der Waals surface area contributed by atoms with E-state index in [1.807, 2.05) is 6.92 Å². The Balaban J connectivity index is 2.55. The van der Waals surface area contributed by atoms with Crippen LogP contribution in [-0.4, -0.2) is 34.9 Å².